The van der Waals surface area contributed by atoms with Crippen molar-refractivity contribution in [1.29, 1.82) is 0 Å². The number of nitrogen functional groups attached to an aromatic ring is 1. The van der Waals surface area contributed by atoms with E-state index in [1.54, 1.807) is 0 Å². The number of rotatable bonds is 2. The summed E-state index contributed by atoms with van der Waals surface area (Å²) in [6.07, 6.45) is -2.99. The first-order valence-electron chi connectivity index (χ1n) is 4.38. The third-order valence-electron chi connectivity index (χ3n) is 1.88. The molecule has 2 rings (SSSR count). The minimum atomic E-state index is -4.37. The lowest BCUT2D eigenvalue weighted by molar-refractivity contribution is -0.137. The van der Waals surface area contributed by atoms with Gasteiger partial charge >= 0.3 is 6.18 Å². The molecule has 0 saturated heterocycles. The number of nitrogens with zero attached hydrogens (tertiary/aromatic N) is 2. The number of aromatic nitrogens is 2. The Morgan fingerprint density at radius 1 is 1.29 bits per heavy atom. The van der Waals surface area contributed by atoms with Crippen molar-refractivity contribution in [2.45, 2.75) is 15.4 Å². The highest BCUT2D eigenvalue weighted by Gasteiger charge is 2.30. The van der Waals surface area contributed by atoms with Gasteiger partial charge in [-0.1, -0.05) is 11.8 Å². The van der Waals surface area contributed by atoms with Crippen molar-refractivity contribution >= 4 is 29.0 Å². The molecule has 0 amide bonds. The van der Waals surface area contributed by atoms with Crippen LogP contribution in [0.3, 0.4) is 0 Å². The van der Waals surface area contributed by atoms with Crippen molar-refractivity contribution < 1.29 is 13.2 Å². The van der Waals surface area contributed by atoms with Crippen LogP contribution in [0, 0.1) is 0 Å². The number of hydrogen-bond acceptors (Lipinski definition) is 5. The molecule has 2 aromatic rings. The summed E-state index contributed by atoms with van der Waals surface area (Å²) in [5.41, 5.74) is 4.90. The van der Waals surface area contributed by atoms with Crippen LogP contribution < -0.4 is 5.73 Å². The average Bonchev–Trinajstić information content (AvgIpc) is 2.72. The van der Waals surface area contributed by atoms with E-state index >= 15 is 0 Å². The molecule has 0 aliphatic rings. The van der Waals surface area contributed by atoms with Gasteiger partial charge in [0.05, 0.1) is 5.56 Å². The van der Waals surface area contributed by atoms with Crippen LogP contribution in [-0.2, 0) is 6.18 Å². The van der Waals surface area contributed by atoms with Gasteiger partial charge in [0.2, 0.25) is 0 Å². The zero-order chi connectivity index (χ0) is 12.5. The molecule has 1 aromatic heterocycles. The fraction of sp³-hybridized carbons (Fsp3) is 0.111. The van der Waals surface area contributed by atoms with Gasteiger partial charge in [-0.25, -0.2) is 4.98 Å². The summed E-state index contributed by atoms with van der Waals surface area (Å²) in [5.74, 6) is 0. The average molecular weight is 277 g/mol. The van der Waals surface area contributed by atoms with Gasteiger partial charge in [0, 0.05) is 10.6 Å². The molecule has 2 N–H and O–H groups in total. The number of alkyl halides is 3. The molecule has 0 unspecified atom stereocenters. The first-order chi connectivity index (χ1) is 7.97. The molecule has 0 aliphatic heterocycles. The molecule has 0 bridgehead atoms. The second-order valence-electron chi connectivity index (χ2n) is 3.06. The smallest absolute Gasteiger partial charge is 0.398 e. The van der Waals surface area contributed by atoms with Crippen LogP contribution in [0.4, 0.5) is 18.9 Å². The molecule has 0 saturated carbocycles. The van der Waals surface area contributed by atoms with Crippen molar-refractivity contribution in [3.05, 3.63) is 30.1 Å². The van der Waals surface area contributed by atoms with Crippen LogP contribution in [0.25, 0.3) is 0 Å². The Balaban J connectivity index is 2.26. The minimum Gasteiger partial charge on any atom is -0.398 e. The maximum Gasteiger partial charge on any atom is 0.416 e. The number of anilines is 1. The van der Waals surface area contributed by atoms with E-state index in [1.807, 2.05) is 0 Å². The van der Waals surface area contributed by atoms with Gasteiger partial charge in [0.25, 0.3) is 0 Å². The van der Waals surface area contributed by atoms with E-state index in [4.69, 9.17) is 5.73 Å². The lowest BCUT2D eigenvalue weighted by Crippen LogP contribution is -2.05. The summed E-state index contributed by atoms with van der Waals surface area (Å²) >= 11 is 2.35. The Hall–Kier alpha value is -1.28. The second-order valence-corrected chi connectivity index (χ2v) is 5.13. The molecule has 8 heteroatoms. The fourth-order valence-corrected chi connectivity index (χ4v) is 2.55. The van der Waals surface area contributed by atoms with E-state index in [1.165, 1.54) is 24.2 Å². The number of halogens is 3. The number of benzene rings is 1. The van der Waals surface area contributed by atoms with Crippen molar-refractivity contribution in [2.24, 2.45) is 0 Å². The standard InChI is InChI=1S/C9H6F3N3S2/c10-9(11,12)5-1-2-7(6(13)3-5)16-8-14-4-15-17-8/h1-4H,13H2. The van der Waals surface area contributed by atoms with Crippen LogP contribution in [0.1, 0.15) is 5.56 Å². The van der Waals surface area contributed by atoms with Crippen molar-refractivity contribution in [1.82, 2.24) is 9.36 Å². The van der Waals surface area contributed by atoms with E-state index in [0.717, 1.165) is 23.7 Å². The monoisotopic (exact) mass is 277 g/mol. The van der Waals surface area contributed by atoms with E-state index in [-0.39, 0.29) is 5.69 Å². The van der Waals surface area contributed by atoms with E-state index in [0.29, 0.717) is 9.24 Å². The molecule has 17 heavy (non-hydrogen) atoms. The summed E-state index contributed by atoms with van der Waals surface area (Å²) in [5, 5.41) is 0. The Labute approximate surface area is 103 Å². The number of nitrogens with two attached hydrogens (primary N) is 1. The second kappa shape index (κ2) is 4.53. The van der Waals surface area contributed by atoms with E-state index in [9.17, 15) is 13.2 Å². The van der Waals surface area contributed by atoms with Gasteiger partial charge in [-0.2, -0.15) is 17.5 Å². The van der Waals surface area contributed by atoms with Crippen LogP contribution in [0.5, 0.6) is 0 Å². The zero-order valence-corrected chi connectivity index (χ0v) is 9.86. The molecule has 1 heterocycles. The maximum atomic E-state index is 12.4. The normalized spacial score (nSPS) is 11.7. The quantitative estimate of drug-likeness (QED) is 0.856. The lowest BCUT2D eigenvalue weighted by atomic mass is 10.2. The van der Waals surface area contributed by atoms with Gasteiger partial charge in [0.1, 0.15) is 6.33 Å². The summed E-state index contributed by atoms with van der Waals surface area (Å²) in [6.45, 7) is 0. The Morgan fingerprint density at radius 2 is 2.06 bits per heavy atom. The molecule has 1 aromatic carbocycles. The number of hydrogen-bond donors (Lipinski definition) is 1. The third-order valence-corrected chi connectivity index (χ3v) is 3.68. The summed E-state index contributed by atoms with van der Waals surface area (Å²) in [6, 6.07) is 3.26. The molecule has 0 aliphatic carbocycles. The minimum absolute atomic E-state index is 0.0834. The highest BCUT2D eigenvalue weighted by molar-refractivity contribution is 8.01. The van der Waals surface area contributed by atoms with Crippen LogP contribution in [-0.4, -0.2) is 9.36 Å². The predicted molar refractivity (Wildman–Crippen MR) is 59.9 cm³/mol. The highest BCUT2D eigenvalue weighted by Crippen LogP contribution is 2.36. The largest absolute Gasteiger partial charge is 0.416 e. The predicted octanol–water partition coefficient (Wildman–Crippen LogP) is 3.29. The van der Waals surface area contributed by atoms with Crippen molar-refractivity contribution in [3.63, 3.8) is 0 Å². The molecular formula is C9H6F3N3S2. The SMILES string of the molecule is Nc1cc(C(F)(F)F)ccc1Sc1ncns1. The summed E-state index contributed by atoms with van der Waals surface area (Å²) in [4.78, 5) is 4.45. The maximum absolute atomic E-state index is 12.4. The summed E-state index contributed by atoms with van der Waals surface area (Å²) < 4.78 is 41.6. The molecule has 0 spiro atoms. The van der Waals surface area contributed by atoms with Gasteiger partial charge in [-0.05, 0) is 29.7 Å². The topological polar surface area (TPSA) is 51.8 Å². The molecule has 0 fully saturated rings. The molecule has 0 atom stereocenters. The van der Waals surface area contributed by atoms with E-state index in [2.05, 4.69) is 9.36 Å². The van der Waals surface area contributed by atoms with Gasteiger partial charge < -0.3 is 5.73 Å². The van der Waals surface area contributed by atoms with E-state index < -0.39 is 11.7 Å². The van der Waals surface area contributed by atoms with Crippen LogP contribution in [0.2, 0.25) is 0 Å². The Kier molecular flexibility index (Phi) is 3.25. The molecule has 3 nitrogen and oxygen atoms in total. The van der Waals surface area contributed by atoms with Gasteiger partial charge in [0.15, 0.2) is 4.34 Å². The van der Waals surface area contributed by atoms with Crippen LogP contribution >= 0.6 is 23.3 Å². The Morgan fingerprint density at radius 3 is 2.59 bits per heavy atom. The first-order valence-corrected chi connectivity index (χ1v) is 5.97. The highest BCUT2D eigenvalue weighted by atomic mass is 32.2. The molecule has 0 radical (unpaired) electrons. The van der Waals surface area contributed by atoms with Crippen molar-refractivity contribution in [3.8, 4) is 0 Å². The summed E-state index contributed by atoms with van der Waals surface area (Å²) in [7, 11) is 0. The van der Waals surface area contributed by atoms with Gasteiger partial charge in [-0.15, -0.1) is 0 Å². The Bertz CT molecular complexity index is 511. The molecular weight excluding hydrogens is 271 g/mol. The zero-order valence-electron chi connectivity index (χ0n) is 8.23. The molecule has 90 valence electrons. The fourth-order valence-electron chi connectivity index (χ4n) is 1.12. The van der Waals surface area contributed by atoms with Crippen molar-refractivity contribution in [2.75, 3.05) is 5.73 Å². The lowest BCUT2D eigenvalue weighted by Gasteiger charge is -2.09. The van der Waals surface area contributed by atoms with Crippen LogP contribution in [0.15, 0.2) is 33.8 Å². The third kappa shape index (κ3) is 2.89. The van der Waals surface area contributed by atoms with Gasteiger partial charge in [-0.3, -0.25) is 0 Å². The first kappa shape index (κ1) is 12.2.